The predicted molar refractivity (Wildman–Crippen MR) is 106 cm³/mol. The molecule has 0 radical (unpaired) electrons. The third-order valence-electron chi connectivity index (χ3n) is 4.06. The van der Waals surface area contributed by atoms with Crippen LogP contribution in [0, 0.1) is 10.1 Å². The molecule has 0 saturated heterocycles. The Morgan fingerprint density at radius 2 is 1.56 bits per heavy atom. The van der Waals surface area contributed by atoms with Gasteiger partial charge < -0.3 is 10.6 Å². The van der Waals surface area contributed by atoms with Crippen LogP contribution in [0.1, 0.15) is 11.1 Å². The van der Waals surface area contributed by atoms with E-state index in [9.17, 15) is 14.9 Å². The van der Waals surface area contributed by atoms with Crippen LogP contribution in [0.4, 0.5) is 17.1 Å². The molecule has 0 atom stereocenters. The molecular weight excluding hydrogens is 342 g/mol. The van der Waals surface area contributed by atoms with Crippen LogP contribution >= 0.6 is 0 Å². The van der Waals surface area contributed by atoms with Gasteiger partial charge in [-0.25, -0.2) is 0 Å². The van der Waals surface area contributed by atoms with E-state index < -0.39 is 4.92 Å². The van der Waals surface area contributed by atoms with Crippen molar-refractivity contribution >= 4 is 23.0 Å². The number of non-ortho nitro benzene ring substituents is 1. The number of benzene rings is 3. The molecule has 0 aromatic heterocycles. The summed E-state index contributed by atoms with van der Waals surface area (Å²) in [6, 6.07) is 23.7. The number of carbonyl (C=O) groups is 1. The highest BCUT2D eigenvalue weighted by Crippen LogP contribution is 2.19. The summed E-state index contributed by atoms with van der Waals surface area (Å²) in [7, 11) is 0. The lowest BCUT2D eigenvalue weighted by Gasteiger charge is -2.12. The first-order valence-electron chi connectivity index (χ1n) is 8.52. The average molecular weight is 361 g/mol. The molecule has 136 valence electrons. The second-order valence-corrected chi connectivity index (χ2v) is 6.03. The summed E-state index contributed by atoms with van der Waals surface area (Å²) in [6.07, 6.45) is 0.729. The second kappa shape index (κ2) is 8.62. The molecule has 3 aromatic carbocycles. The first-order valence-corrected chi connectivity index (χ1v) is 8.52. The van der Waals surface area contributed by atoms with Gasteiger partial charge in [0.15, 0.2) is 0 Å². The van der Waals surface area contributed by atoms with Crippen LogP contribution in [0.5, 0.6) is 0 Å². The topological polar surface area (TPSA) is 84.3 Å². The molecule has 1 amide bonds. The summed E-state index contributed by atoms with van der Waals surface area (Å²) in [5, 5.41) is 16.6. The maximum absolute atomic E-state index is 12.3. The lowest BCUT2D eigenvalue weighted by molar-refractivity contribution is -0.384. The Hall–Kier alpha value is -3.67. The van der Waals surface area contributed by atoms with Crippen LogP contribution in [0.2, 0.25) is 0 Å². The zero-order valence-corrected chi connectivity index (χ0v) is 14.6. The number of rotatable bonds is 7. The number of nitro benzene ring substituents is 1. The molecule has 0 heterocycles. The SMILES string of the molecule is O=C(CNc1ccc([N+](=O)[O-])cc1)Nc1ccccc1Cc1ccccc1. The Morgan fingerprint density at radius 1 is 0.889 bits per heavy atom. The molecule has 6 heteroatoms. The van der Waals surface area contributed by atoms with Crippen molar-refractivity contribution in [2.75, 3.05) is 17.2 Å². The Morgan fingerprint density at radius 3 is 2.26 bits per heavy atom. The molecule has 3 aromatic rings. The molecule has 0 aliphatic carbocycles. The van der Waals surface area contributed by atoms with Gasteiger partial charge in [0.25, 0.3) is 5.69 Å². The fourth-order valence-electron chi connectivity index (χ4n) is 2.69. The molecule has 0 aliphatic heterocycles. The Labute approximate surface area is 157 Å². The van der Waals surface area contributed by atoms with Crippen LogP contribution < -0.4 is 10.6 Å². The minimum Gasteiger partial charge on any atom is -0.376 e. The summed E-state index contributed by atoms with van der Waals surface area (Å²) >= 11 is 0. The first-order chi connectivity index (χ1) is 13.1. The highest BCUT2D eigenvalue weighted by molar-refractivity contribution is 5.94. The van der Waals surface area contributed by atoms with E-state index in [0.717, 1.165) is 17.7 Å². The molecule has 0 aliphatic rings. The van der Waals surface area contributed by atoms with E-state index in [1.807, 2.05) is 42.5 Å². The minimum absolute atomic E-state index is 0.0137. The van der Waals surface area contributed by atoms with Gasteiger partial charge in [0.2, 0.25) is 5.91 Å². The van der Waals surface area contributed by atoms with Gasteiger partial charge >= 0.3 is 0 Å². The summed E-state index contributed by atoms with van der Waals surface area (Å²) in [5.74, 6) is -0.186. The number of nitrogens with zero attached hydrogens (tertiary/aromatic N) is 1. The number of amides is 1. The number of anilines is 2. The van der Waals surface area contributed by atoms with Crippen molar-refractivity contribution in [3.8, 4) is 0 Å². The highest BCUT2D eigenvalue weighted by Gasteiger charge is 2.08. The average Bonchev–Trinajstić information content (AvgIpc) is 2.69. The van der Waals surface area contributed by atoms with Gasteiger partial charge in [-0.1, -0.05) is 48.5 Å². The third-order valence-corrected chi connectivity index (χ3v) is 4.06. The fraction of sp³-hybridized carbons (Fsp3) is 0.0952. The summed E-state index contributed by atoms with van der Waals surface area (Å²) < 4.78 is 0. The largest absolute Gasteiger partial charge is 0.376 e. The van der Waals surface area contributed by atoms with Gasteiger partial charge in [-0.15, -0.1) is 0 Å². The number of hydrogen-bond acceptors (Lipinski definition) is 4. The number of nitro groups is 1. The van der Waals surface area contributed by atoms with Gasteiger partial charge in [-0.05, 0) is 35.7 Å². The van der Waals surface area contributed by atoms with E-state index in [1.54, 1.807) is 12.1 Å². The van der Waals surface area contributed by atoms with Crippen molar-refractivity contribution in [2.24, 2.45) is 0 Å². The van der Waals surface area contributed by atoms with E-state index in [2.05, 4.69) is 22.8 Å². The van der Waals surface area contributed by atoms with Crippen molar-refractivity contribution in [3.05, 3.63) is 100 Å². The van der Waals surface area contributed by atoms with E-state index in [1.165, 1.54) is 17.7 Å². The Kier molecular flexibility index (Phi) is 5.79. The molecule has 0 unspecified atom stereocenters. The van der Waals surface area contributed by atoms with Crippen molar-refractivity contribution in [2.45, 2.75) is 6.42 Å². The molecule has 2 N–H and O–H groups in total. The standard InChI is InChI=1S/C21H19N3O3/c25-21(15-22-18-10-12-19(13-11-18)24(26)27)23-20-9-5-4-8-17(20)14-16-6-2-1-3-7-16/h1-13,22H,14-15H2,(H,23,25). The third kappa shape index (κ3) is 5.15. The molecule has 6 nitrogen and oxygen atoms in total. The normalized spacial score (nSPS) is 10.2. The van der Waals surface area contributed by atoms with Gasteiger partial charge in [0.05, 0.1) is 11.5 Å². The minimum atomic E-state index is -0.458. The van der Waals surface area contributed by atoms with Crippen LogP contribution in [-0.2, 0) is 11.2 Å². The number of nitrogens with one attached hydrogen (secondary N) is 2. The van der Waals surface area contributed by atoms with Crippen LogP contribution in [0.3, 0.4) is 0 Å². The van der Waals surface area contributed by atoms with Crippen LogP contribution in [-0.4, -0.2) is 17.4 Å². The number of hydrogen-bond donors (Lipinski definition) is 2. The van der Waals surface area contributed by atoms with Crippen molar-refractivity contribution in [3.63, 3.8) is 0 Å². The zero-order chi connectivity index (χ0) is 19.1. The second-order valence-electron chi connectivity index (χ2n) is 6.03. The Balaban J connectivity index is 1.60. The van der Waals surface area contributed by atoms with E-state index in [-0.39, 0.29) is 18.1 Å². The quantitative estimate of drug-likeness (QED) is 0.487. The molecule has 0 bridgehead atoms. The molecule has 3 rings (SSSR count). The van der Waals surface area contributed by atoms with E-state index in [0.29, 0.717) is 5.69 Å². The predicted octanol–water partition coefficient (Wildman–Crippen LogP) is 4.24. The fourth-order valence-corrected chi connectivity index (χ4v) is 2.69. The number of carbonyl (C=O) groups excluding carboxylic acids is 1. The Bertz CT molecular complexity index is 925. The molecule has 0 saturated carbocycles. The summed E-state index contributed by atoms with van der Waals surface area (Å²) in [6.45, 7) is 0.0669. The zero-order valence-electron chi connectivity index (χ0n) is 14.6. The lowest BCUT2D eigenvalue weighted by Crippen LogP contribution is -2.22. The van der Waals surface area contributed by atoms with Crippen LogP contribution in [0.25, 0.3) is 0 Å². The maximum Gasteiger partial charge on any atom is 0.269 e. The van der Waals surface area contributed by atoms with Crippen molar-refractivity contribution < 1.29 is 9.72 Å². The summed E-state index contributed by atoms with van der Waals surface area (Å²) in [5.41, 5.74) is 3.64. The number of para-hydroxylation sites is 1. The molecular formula is C21H19N3O3. The summed E-state index contributed by atoms with van der Waals surface area (Å²) in [4.78, 5) is 22.5. The van der Waals surface area contributed by atoms with Gasteiger partial charge in [0, 0.05) is 23.5 Å². The van der Waals surface area contributed by atoms with Crippen molar-refractivity contribution in [1.82, 2.24) is 0 Å². The van der Waals surface area contributed by atoms with Crippen molar-refractivity contribution in [1.29, 1.82) is 0 Å². The van der Waals surface area contributed by atoms with E-state index in [4.69, 9.17) is 0 Å². The monoisotopic (exact) mass is 361 g/mol. The lowest BCUT2D eigenvalue weighted by atomic mass is 10.0. The smallest absolute Gasteiger partial charge is 0.269 e. The molecule has 0 spiro atoms. The molecule has 0 fully saturated rings. The van der Waals surface area contributed by atoms with Gasteiger partial charge in [-0.3, -0.25) is 14.9 Å². The maximum atomic E-state index is 12.3. The highest BCUT2D eigenvalue weighted by atomic mass is 16.6. The first kappa shape index (κ1) is 18.1. The van der Waals surface area contributed by atoms with E-state index >= 15 is 0 Å². The van der Waals surface area contributed by atoms with Crippen LogP contribution in [0.15, 0.2) is 78.9 Å². The van der Waals surface area contributed by atoms with Gasteiger partial charge in [-0.2, -0.15) is 0 Å². The van der Waals surface area contributed by atoms with Gasteiger partial charge in [0.1, 0.15) is 0 Å². The molecule has 27 heavy (non-hydrogen) atoms.